The van der Waals surface area contributed by atoms with Crippen molar-refractivity contribution in [1.82, 2.24) is 56.5 Å². The Hall–Kier alpha value is -8.03. The first-order valence-corrected chi connectivity index (χ1v) is 31.3. The number of aromatic nitrogens is 6. The summed E-state index contributed by atoms with van der Waals surface area (Å²) in [4.78, 5) is 128. The molecule has 0 saturated heterocycles. The fraction of sp³-hybridized carbons (Fsp3) is 0.286. The van der Waals surface area contributed by atoms with Crippen LogP contribution in [0.25, 0.3) is 43.4 Å². The topological polar surface area (TPSA) is 331 Å². The van der Waals surface area contributed by atoms with E-state index in [4.69, 9.17) is 29.7 Å². The zero-order chi connectivity index (χ0) is 60.5. The average Bonchev–Trinajstić information content (AvgIpc) is 3.66. The minimum absolute atomic E-state index is 0.0157. The quantitative estimate of drug-likeness (QED) is 0.0611. The lowest BCUT2D eigenvalue weighted by Crippen LogP contribution is -2.45. The van der Waals surface area contributed by atoms with Gasteiger partial charge in [0, 0.05) is 70.4 Å². The van der Waals surface area contributed by atoms with Gasteiger partial charge in [-0.1, -0.05) is 44.2 Å². The van der Waals surface area contributed by atoms with Crippen LogP contribution in [0.1, 0.15) is 107 Å². The van der Waals surface area contributed by atoms with Crippen LogP contribution < -0.4 is 31.9 Å². The number of amides is 6. The van der Waals surface area contributed by atoms with Crippen molar-refractivity contribution in [1.29, 1.82) is 0 Å². The molecular weight excluding hydrogens is 1210 g/mol. The number of nitrogens with zero attached hydrogens (tertiary/aromatic N) is 7. The number of carbonyl (C=O) groups is 7. The number of anilines is 1. The van der Waals surface area contributed by atoms with Gasteiger partial charge in [0.2, 0.25) is 17.7 Å². The van der Waals surface area contributed by atoms with E-state index in [1.165, 1.54) is 84.2 Å². The van der Waals surface area contributed by atoms with Crippen molar-refractivity contribution < 1.29 is 48.5 Å². The van der Waals surface area contributed by atoms with Gasteiger partial charge in [-0.25, -0.2) is 34.7 Å². The highest BCUT2D eigenvalue weighted by molar-refractivity contribution is 8.14. The predicted octanol–water partition coefficient (Wildman–Crippen LogP) is 7.84. The number of fused-ring (bicyclic) bond motifs is 12. The van der Waals surface area contributed by atoms with Gasteiger partial charge in [0.25, 0.3) is 17.7 Å². The largest absolute Gasteiger partial charge is 0.478 e. The van der Waals surface area contributed by atoms with Gasteiger partial charge in [-0.2, -0.15) is 0 Å². The molecule has 0 fully saturated rings. The van der Waals surface area contributed by atoms with Crippen molar-refractivity contribution in [2.45, 2.75) is 63.1 Å². The third-order valence-electron chi connectivity index (χ3n) is 13.0. The number of aliphatic hydroxyl groups is 1. The number of benzene rings is 2. The number of aliphatic imine (C=N–C) groups is 1. The molecule has 8 bridgehead atoms. The van der Waals surface area contributed by atoms with Crippen molar-refractivity contribution in [3.05, 3.63) is 131 Å². The minimum Gasteiger partial charge on any atom is -0.478 e. The summed E-state index contributed by atoms with van der Waals surface area (Å²) in [5, 5.41) is 46.8. The smallest absolute Gasteiger partial charge is 0.335 e. The summed E-state index contributed by atoms with van der Waals surface area (Å²) in [5.41, 5.74) is 2.88. The molecule has 0 spiro atoms. The van der Waals surface area contributed by atoms with E-state index in [0.29, 0.717) is 68.9 Å². The standard InChI is InChI=1S/C56H55N13O10S6/c1-26(2)42-54(58-5)85-31(21-79-6)18-40(71)59-20-41(72)67-45(46(73)28-10-8-7-9-11-28)55-64-37(24-82-55)52-62-35(22-81-52)44-32(16-17-33(60-44)51-66-38(25-83-51)65-47(74)29-12-14-30(15-13-29)56(77)78)50-63-36(23-80-50)48(75)61-34(19-39(70)57-4)53-69-43(27(3)84-53)49(76)68-42/h7-17,22-26,31,34,42,45-46,73H,18-21H2,1-6H3,(H,57,70)(H,59,71)(H,61,75)(H,65,74)(H,67,72)(H,68,76)(H,77,78)/t31?,34-,42-,45-,46-/m0/s1. The third kappa shape index (κ3) is 14.9. The number of carbonyl (C=O) groups excluding carboxylic acids is 6. The van der Waals surface area contributed by atoms with E-state index >= 15 is 0 Å². The second kappa shape index (κ2) is 27.8. The van der Waals surface area contributed by atoms with E-state index in [1.54, 1.807) is 78.0 Å². The van der Waals surface area contributed by atoms with Crippen molar-refractivity contribution in [2.24, 2.45) is 10.9 Å². The molecule has 1 aliphatic heterocycles. The van der Waals surface area contributed by atoms with E-state index in [0.717, 1.165) is 22.7 Å². The van der Waals surface area contributed by atoms with Gasteiger partial charge in [-0.3, -0.25) is 33.8 Å². The number of thiazole rings is 5. The van der Waals surface area contributed by atoms with E-state index in [-0.39, 0.29) is 53.7 Å². The number of ether oxygens (including phenoxy) is 1. The molecule has 9 rings (SSSR count). The summed E-state index contributed by atoms with van der Waals surface area (Å²) in [5.74, 6) is -4.23. The Bertz CT molecular complexity index is 3800. The number of aliphatic hydroxyl groups excluding tert-OH is 1. The number of rotatable bonds is 11. The molecule has 440 valence electrons. The number of pyridine rings is 1. The summed E-state index contributed by atoms with van der Waals surface area (Å²) in [7, 11) is 4.55. The Morgan fingerprint density at radius 3 is 2.14 bits per heavy atom. The van der Waals surface area contributed by atoms with Gasteiger partial charge in [-0.05, 0) is 54.8 Å². The maximum atomic E-state index is 14.3. The maximum Gasteiger partial charge on any atom is 0.335 e. The highest BCUT2D eigenvalue weighted by atomic mass is 32.2. The second-order valence-corrected chi connectivity index (χ2v) is 25.3. The van der Waals surface area contributed by atoms with Crippen LogP contribution >= 0.6 is 68.4 Å². The fourth-order valence-corrected chi connectivity index (χ4v) is 14.3. The molecule has 1 aliphatic rings. The first-order valence-electron chi connectivity index (χ1n) is 26.1. The fourth-order valence-electron chi connectivity index (χ4n) is 8.65. The Morgan fingerprint density at radius 1 is 0.729 bits per heavy atom. The number of thioether (sulfide) groups is 1. The number of carboxylic acid groups (broad SMARTS) is 1. The maximum absolute atomic E-state index is 14.3. The molecule has 23 nitrogen and oxygen atoms in total. The lowest BCUT2D eigenvalue weighted by atomic mass is 10.0. The number of aromatic carboxylic acids is 1. The molecule has 5 atom stereocenters. The number of aryl methyl sites for hydroxylation is 1. The van der Waals surface area contributed by atoms with Gasteiger partial charge >= 0.3 is 5.97 Å². The Balaban J connectivity index is 1.10. The molecule has 7 heterocycles. The minimum atomic E-state index is -1.27. The van der Waals surface area contributed by atoms with Gasteiger partial charge in [0.1, 0.15) is 71.5 Å². The third-order valence-corrected chi connectivity index (χ3v) is 18.9. The van der Waals surface area contributed by atoms with Crippen LogP contribution in [0.4, 0.5) is 5.82 Å². The van der Waals surface area contributed by atoms with Crippen LogP contribution in [-0.2, 0) is 19.1 Å². The number of hydrogen-bond acceptors (Lipinski definition) is 22. The summed E-state index contributed by atoms with van der Waals surface area (Å²) in [6.07, 6.45) is -1.58. The molecule has 29 heteroatoms. The lowest BCUT2D eigenvalue weighted by Gasteiger charge is -2.26. The monoisotopic (exact) mass is 1260 g/mol. The Morgan fingerprint density at radius 2 is 1.42 bits per heavy atom. The molecule has 6 aromatic heterocycles. The van der Waals surface area contributed by atoms with Crippen LogP contribution in [-0.4, -0.2) is 132 Å². The molecule has 0 radical (unpaired) electrons. The van der Waals surface area contributed by atoms with E-state index in [9.17, 15) is 43.8 Å². The molecular formula is C56H55N13O10S6. The highest BCUT2D eigenvalue weighted by Gasteiger charge is 2.33. The molecule has 0 aliphatic carbocycles. The van der Waals surface area contributed by atoms with E-state index < -0.39 is 77.4 Å². The molecule has 8 aromatic rings. The zero-order valence-corrected chi connectivity index (χ0v) is 51.1. The number of hydrogen-bond donors (Lipinski definition) is 8. The Labute approximate surface area is 510 Å². The lowest BCUT2D eigenvalue weighted by molar-refractivity contribution is -0.127. The van der Waals surface area contributed by atoms with Crippen molar-refractivity contribution in [2.75, 3.05) is 39.7 Å². The van der Waals surface area contributed by atoms with Crippen molar-refractivity contribution in [3.63, 3.8) is 0 Å². The Kier molecular flexibility index (Phi) is 20.1. The average molecular weight is 1260 g/mol. The van der Waals surface area contributed by atoms with Crippen molar-refractivity contribution in [3.8, 4) is 43.4 Å². The first-order chi connectivity index (χ1) is 40.9. The van der Waals surface area contributed by atoms with E-state index in [1.807, 2.05) is 13.8 Å². The molecule has 85 heavy (non-hydrogen) atoms. The molecule has 6 amide bonds. The van der Waals surface area contributed by atoms with Crippen LogP contribution in [0.15, 0.2) is 93.2 Å². The van der Waals surface area contributed by atoms with Crippen LogP contribution in [0, 0.1) is 12.8 Å². The normalized spacial score (nSPS) is 18.1. The number of carboxylic acids is 1. The summed E-state index contributed by atoms with van der Waals surface area (Å²) >= 11 is 7.22. The molecule has 8 N–H and O–H groups in total. The zero-order valence-electron chi connectivity index (χ0n) is 46.2. The molecule has 0 saturated carbocycles. The van der Waals surface area contributed by atoms with Crippen LogP contribution in [0.3, 0.4) is 0 Å². The van der Waals surface area contributed by atoms with Gasteiger partial charge < -0.3 is 46.9 Å². The molecule has 1 unspecified atom stereocenters. The van der Waals surface area contributed by atoms with Gasteiger partial charge in [-0.15, -0.1) is 68.4 Å². The van der Waals surface area contributed by atoms with Crippen LogP contribution in [0.2, 0.25) is 0 Å². The predicted molar refractivity (Wildman–Crippen MR) is 328 cm³/mol. The summed E-state index contributed by atoms with van der Waals surface area (Å²) in [6, 6.07) is 15.0. The van der Waals surface area contributed by atoms with E-state index in [2.05, 4.69) is 41.9 Å². The SMILES string of the molecule is CN=C1SC(COC)CC(=O)NCC(=O)N[C@@H]([C@@H](O)c2ccccc2)c2nc(cs2)-c2nc(cs2)-c2nc(-c3nc(NC(=O)c4ccc(C(=O)O)cc4)cs3)ccc2-c2nc(cs2)C(=O)N[C@@H](CC(=O)NC)c2nc(c(C)s2)C(=O)N[C@H]1C(C)C. The first kappa shape index (κ1) is 61.5. The van der Waals surface area contributed by atoms with Crippen molar-refractivity contribution >= 4 is 121 Å². The van der Waals surface area contributed by atoms with Gasteiger partial charge in [0.05, 0.1) is 48.0 Å². The van der Waals surface area contributed by atoms with Gasteiger partial charge in [0.15, 0.2) is 0 Å². The highest BCUT2D eigenvalue weighted by Crippen LogP contribution is 2.40. The number of nitrogens with one attached hydrogen (secondary N) is 6. The summed E-state index contributed by atoms with van der Waals surface area (Å²) in [6.45, 7) is 5.21. The van der Waals surface area contributed by atoms with Crippen LogP contribution in [0.5, 0.6) is 0 Å². The molecule has 2 aromatic carbocycles. The number of methoxy groups -OCH3 is 1. The summed E-state index contributed by atoms with van der Waals surface area (Å²) < 4.78 is 5.52. The second-order valence-electron chi connectivity index (χ2n) is 19.3.